The molecule has 12 N–H and O–H groups in total. The van der Waals surface area contributed by atoms with Gasteiger partial charge in [0.2, 0.25) is 5.96 Å². The van der Waals surface area contributed by atoms with E-state index < -0.39 is 12.8 Å². The summed E-state index contributed by atoms with van der Waals surface area (Å²) in [5.41, 5.74) is 20.6. The molecule has 5 bridgehead atoms. The first-order chi connectivity index (χ1) is 43.8. The number of ether oxygens (including phenoxy) is 1. The lowest BCUT2D eigenvalue weighted by Crippen LogP contribution is -2.57. The number of fused-ring (bicyclic) bond motifs is 13. The Morgan fingerprint density at radius 3 is 2.58 bits per heavy atom. The summed E-state index contributed by atoms with van der Waals surface area (Å²) in [5.74, 6) is 7.00. The Balaban J connectivity index is 0.879. The minimum atomic E-state index is -0.476. The van der Waals surface area contributed by atoms with E-state index in [0.29, 0.717) is 109 Å². The number of nitrogens with one attached hydrogen (secondary N) is 5. The average Bonchev–Trinajstić information content (AvgIpc) is 1.53. The van der Waals surface area contributed by atoms with Gasteiger partial charge in [-0.1, -0.05) is 91.9 Å². The zero-order valence-corrected chi connectivity index (χ0v) is 53.4. The largest absolute Gasteiger partial charge is 0.504 e. The molecule has 1 spiro atoms. The fraction of sp³-hybridized carbons (Fsp3) is 0.592. The number of carbonyl (C=O) groups is 2. The number of aliphatic hydroxyl groups excluding tert-OH is 2. The maximum atomic E-state index is 14.7. The predicted octanol–water partition coefficient (Wildman–Crippen LogP) is 9.51. The number of piperidine rings is 1. The molecule has 13 rings (SSSR count). The number of nitrogens with zero attached hydrogens (tertiary/aromatic N) is 1. The molecule has 0 radical (unpaired) electrons. The van der Waals surface area contributed by atoms with Gasteiger partial charge in [-0.05, 0) is 255 Å². The van der Waals surface area contributed by atoms with Crippen LogP contribution in [-0.2, 0) is 35.3 Å². The number of allylic oxidation sites excluding steroid dienone is 3. The van der Waals surface area contributed by atoms with Crippen molar-refractivity contribution in [2.24, 2.45) is 80.6 Å². The van der Waals surface area contributed by atoms with Crippen LogP contribution in [0.1, 0.15) is 150 Å². The molecular formula is C76H102N8O6. The number of ketones is 2. The maximum absolute atomic E-state index is 14.7. The summed E-state index contributed by atoms with van der Waals surface area (Å²) in [6.45, 7) is 3.88. The Kier molecular flexibility index (Phi) is 20.8. The number of guanidine groups is 1. The lowest BCUT2D eigenvalue weighted by Gasteiger charge is -2.55. The van der Waals surface area contributed by atoms with Crippen LogP contribution in [0.2, 0.25) is 0 Å². The van der Waals surface area contributed by atoms with Gasteiger partial charge in [-0.15, -0.1) is 0 Å². The summed E-state index contributed by atoms with van der Waals surface area (Å²) in [5, 5.41) is 53.6. The molecule has 5 aliphatic heterocycles. The Labute approximate surface area is 535 Å². The highest BCUT2D eigenvalue weighted by Gasteiger charge is 2.65. The van der Waals surface area contributed by atoms with Crippen molar-refractivity contribution in [1.82, 2.24) is 26.6 Å². The summed E-state index contributed by atoms with van der Waals surface area (Å²) >= 11 is 0. The van der Waals surface area contributed by atoms with E-state index in [-0.39, 0.29) is 64.3 Å². The number of aliphatic hydroxyl groups is 2. The molecule has 1 saturated heterocycles. The van der Waals surface area contributed by atoms with Crippen molar-refractivity contribution in [2.45, 2.75) is 172 Å². The monoisotopic (exact) mass is 1220 g/mol. The molecule has 14 heteroatoms. The Morgan fingerprint density at radius 1 is 0.900 bits per heavy atom. The second kappa shape index (κ2) is 29.3. The van der Waals surface area contributed by atoms with Crippen LogP contribution < -0.4 is 42.8 Å². The summed E-state index contributed by atoms with van der Waals surface area (Å²) < 4.78 is 5.67. The van der Waals surface area contributed by atoms with Crippen LogP contribution in [0.5, 0.6) is 11.5 Å². The standard InChI is InChI=1S/C76H102N8O6/c1-90-69-39-64-57(37-67(69)88)35-59-46-84-72(77)40-65(59)55(32-52-14-8-13-50(31-52)20-19-49-11-4-2-5-12-49)17-9-28-81-74(78)82-30-24-51-23-26-76(42-51)70-22-21-53(33-61(86)38-62(87)36-60(64)48-85)41-75(70,44-71(76)83-47-68(89)54-15-6-3-7-16-54)43-66-63-25-29-79-45-58(63)34-56-18-10-27-80-73(56)66/h2,4-5,8,10-14,18,31,36-37,39-40,46,51,53-56,58,63,66,68,70-73,79-80,83-85,88-89H,3,6-7,15-17,19-27,29-30,32-35,38,41-45,47-48,77H2,1H3,(H3,78,81,82). The lowest BCUT2D eigenvalue weighted by atomic mass is 9.52. The van der Waals surface area contributed by atoms with E-state index in [2.05, 4.69) is 104 Å². The van der Waals surface area contributed by atoms with E-state index in [1.165, 1.54) is 56.4 Å². The third kappa shape index (κ3) is 14.7. The number of hydrogen-bond donors (Lipinski definition) is 10. The maximum Gasteiger partial charge on any atom is 0.202 e. The zero-order chi connectivity index (χ0) is 62.2. The van der Waals surface area contributed by atoms with Gasteiger partial charge < -0.3 is 58.1 Å². The van der Waals surface area contributed by atoms with Crippen molar-refractivity contribution in [3.8, 4) is 23.5 Å². The van der Waals surface area contributed by atoms with Gasteiger partial charge in [0.1, 0.15) is 5.78 Å². The first-order valence-corrected chi connectivity index (χ1v) is 34.7. The lowest BCUT2D eigenvalue weighted by molar-refractivity contribution is -0.126. The number of Topliss-reactive ketones (excluding diaryl/α,β-unsaturated/α-hetero) is 1. The van der Waals surface area contributed by atoms with E-state index in [9.17, 15) is 24.9 Å². The van der Waals surface area contributed by atoms with Crippen molar-refractivity contribution in [2.75, 3.05) is 46.4 Å². The molecule has 482 valence electrons. The second-order valence-corrected chi connectivity index (χ2v) is 29.0. The van der Waals surface area contributed by atoms with Crippen LogP contribution in [0.4, 0.5) is 0 Å². The molecule has 3 aromatic carbocycles. The van der Waals surface area contributed by atoms with E-state index in [1.807, 2.05) is 18.3 Å². The van der Waals surface area contributed by atoms with Crippen LogP contribution in [-0.4, -0.2) is 104 Å². The Bertz CT molecular complexity index is 3230. The van der Waals surface area contributed by atoms with E-state index in [4.69, 9.17) is 16.2 Å². The number of benzene rings is 3. The molecular weight excluding hydrogens is 1120 g/mol. The number of hydrogen-bond acceptors (Lipinski definition) is 14. The normalized spacial score (nSPS) is 33.0. The smallest absolute Gasteiger partial charge is 0.202 e. The van der Waals surface area contributed by atoms with Gasteiger partial charge in [-0.25, -0.2) is 0 Å². The number of phenols is 1. The minimum absolute atomic E-state index is 0.0225. The van der Waals surface area contributed by atoms with Crippen LogP contribution in [0.25, 0.3) is 5.57 Å². The molecule has 5 saturated carbocycles. The van der Waals surface area contributed by atoms with Gasteiger partial charge in [-0.2, -0.15) is 4.99 Å². The number of aliphatic imine (C=N–C) groups is 1. The summed E-state index contributed by atoms with van der Waals surface area (Å²) in [6, 6.07) is 26.4. The number of nitrogens with two attached hydrogens (primary N) is 2. The molecule has 5 aliphatic carbocycles. The van der Waals surface area contributed by atoms with Gasteiger partial charge in [-0.3, -0.25) is 9.59 Å². The van der Waals surface area contributed by atoms with E-state index in [1.54, 1.807) is 12.1 Å². The van der Waals surface area contributed by atoms with Crippen molar-refractivity contribution >= 4 is 23.1 Å². The quantitative estimate of drug-likeness (QED) is 0.0438. The number of carbonyl (C=O) groups excluding carboxylic acids is 2. The highest BCUT2D eigenvalue weighted by Crippen LogP contribution is 2.70. The van der Waals surface area contributed by atoms with E-state index in [0.717, 1.165) is 120 Å². The summed E-state index contributed by atoms with van der Waals surface area (Å²) in [7, 11) is 1.48. The number of methoxy groups -OCH3 is 1. The SMILES string of the molecule is COc1cc2c(cc1O)CC1=CNC(N)C=C1C(Cc1cccc(CCc3ccccc3)c1)CC#CN=C(N)NCCC1CCC3(C1)C(NCC(O)C1CCCCC1)CC1(CC4C5CCNCC5CC5C=CCNC54)CC(CCC13)CC(=O)CC(=O)C=C2CO. The van der Waals surface area contributed by atoms with E-state index >= 15 is 0 Å². The summed E-state index contributed by atoms with van der Waals surface area (Å²) in [6.07, 6.45) is 30.5. The third-order valence-corrected chi connectivity index (χ3v) is 23.6. The van der Waals surface area contributed by atoms with Crippen LogP contribution in [0.15, 0.2) is 113 Å². The molecule has 5 heterocycles. The van der Waals surface area contributed by atoms with Crippen molar-refractivity contribution < 1.29 is 29.6 Å². The van der Waals surface area contributed by atoms with Gasteiger partial charge in [0, 0.05) is 56.8 Å². The van der Waals surface area contributed by atoms with Gasteiger partial charge in [0.25, 0.3) is 0 Å². The Hall–Kier alpha value is -6.05. The Morgan fingerprint density at radius 2 is 1.73 bits per heavy atom. The zero-order valence-electron chi connectivity index (χ0n) is 53.4. The van der Waals surface area contributed by atoms with Crippen molar-refractivity contribution in [3.05, 3.63) is 136 Å². The number of aryl methyl sites for hydroxylation is 2. The molecule has 0 amide bonds. The molecule has 10 aliphatic rings. The van der Waals surface area contributed by atoms with Gasteiger partial charge in [0.05, 0.1) is 32.4 Å². The van der Waals surface area contributed by atoms with Crippen LogP contribution >= 0.6 is 0 Å². The predicted molar refractivity (Wildman–Crippen MR) is 358 cm³/mol. The summed E-state index contributed by atoms with van der Waals surface area (Å²) in [4.78, 5) is 33.8. The molecule has 14 atom stereocenters. The number of dihydropyridines is 1. The molecule has 3 aromatic rings. The van der Waals surface area contributed by atoms with Crippen molar-refractivity contribution in [3.63, 3.8) is 0 Å². The minimum Gasteiger partial charge on any atom is -0.504 e. The number of rotatable bonds is 13. The van der Waals surface area contributed by atoms with Crippen LogP contribution in [0, 0.1) is 76.1 Å². The first kappa shape index (κ1) is 64.1. The number of aromatic hydroxyl groups is 1. The topological polar surface area (TPSA) is 229 Å². The second-order valence-electron chi connectivity index (χ2n) is 29.0. The highest BCUT2D eigenvalue weighted by molar-refractivity contribution is 6.08. The fourth-order valence-corrected chi connectivity index (χ4v) is 19.6. The molecule has 6 fully saturated rings. The van der Waals surface area contributed by atoms with Crippen LogP contribution in [0.3, 0.4) is 0 Å². The van der Waals surface area contributed by atoms with Gasteiger partial charge in [0.15, 0.2) is 17.3 Å². The third-order valence-electron chi connectivity index (χ3n) is 23.6. The molecule has 14 unspecified atom stereocenters. The molecule has 14 nitrogen and oxygen atoms in total. The van der Waals surface area contributed by atoms with Gasteiger partial charge >= 0.3 is 0 Å². The first-order valence-electron chi connectivity index (χ1n) is 34.7. The highest BCUT2D eigenvalue weighted by atomic mass is 16.5. The molecule has 0 aromatic heterocycles. The number of phenolic OH excluding ortho intramolecular Hbond substituents is 1. The van der Waals surface area contributed by atoms with Crippen molar-refractivity contribution in [1.29, 1.82) is 0 Å². The average molecular weight is 1220 g/mol. The fourth-order valence-electron chi connectivity index (χ4n) is 19.6. The molecule has 90 heavy (non-hydrogen) atoms.